The SMILES string of the molecule is C[Si](C)(C)C#Cc1ccnc2c1c(-c1ccnc(N)n1)cn2S(=O)(=O)c1ccccc1. The molecule has 2 N–H and O–H groups in total. The second-order valence-electron chi connectivity index (χ2n) is 8.01. The second-order valence-corrected chi connectivity index (χ2v) is 14.6. The molecule has 0 atom stereocenters. The first-order valence-corrected chi connectivity index (χ1v) is 14.5. The summed E-state index contributed by atoms with van der Waals surface area (Å²) in [6, 6.07) is 11.7. The zero-order chi connectivity index (χ0) is 22.2. The number of hydrogen-bond acceptors (Lipinski definition) is 6. The zero-order valence-electron chi connectivity index (χ0n) is 17.4. The number of pyridine rings is 1. The van der Waals surface area contributed by atoms with Crippen molar-refractivity contribution in [3.05, 3.63) is 66.6 Å². The highest BCUT2D eigenvalue weighted by atomic mass is 32.2. The molecule has 3 aromatic heterocycles. The highest BCUT2D eigenvalue weighted by Crippen LogP contribution is 2.33. The van der Waals surface area contributed by atoms with Gasteiger partial charge in [0.25, 0.3) is 10.0 Å². The summed E-state index contributed by atoms with van der Waals surface area (Å²) >= 11 is 0. The van der Waals surface area contributed by atoms with Gasteiger partial charge in [-0.3, -0.25) is 0 Å². The molecule has 156 valence electrons. The van der Waals surface area contributed by atoms with Crippen LogP contribution >= 0.6 is 0 Å². The van der Waals surface area contributed by atoms with Crippen molar-refractivity contribution in [1.29, 1.82) is 0 Å². The van der Waals surface area contributed by atoms with Gasteiger partial charge >= 0.3 is 0 Å². The molecule has 0 aliphatic heterocycles. The number of nitrogens with zero attached hydrogens (tertiary/aromatic N) is 4. The van der Waals surface area contributed by atoms with Gasteiger partial charge in [0.05, 0.1) is 10.6 Å². The molecule has 0 fully saturated rings. The van der Waals surface area contributed by atoms with Gasteiger partial charge in [0.1, 0.15) is 8.07 Å². The molecule has 0 unspecified atom stereocenters. The van der Waals surface area contributed by atoms with Gasteiger partial charge < -0.3 is 5.73 Å². The number of nitrogen functional groups attached to an aromatic ring is 1. The van der Waals surface area contributed by atoms with Crippen LogP contribution in [0.3, 0.4) is 0 Å². The first kappa shape index (κ1) is 20.8. The van der Waals surface area contributed by atoms with E-state index in [1.807, 2.05) is 0 Å². The predicted molar refractivity (Wildman–Crippen MR) is 124 cm³/mol. The Bertz CT molecular complexity index is 1450. The summed E-state index contributed by atoms with van der Waals surface area (Å²) in [5.74, 6) is 3.35. The Labute approximate surface area is 182 Å². The molecule has 1 aromatic carbocycles. The molecule has 0 saturated heterocycles. The number of anilines is 1. The number of benzene rings is 1. The lowest BCUT2D eigenvalue weighted by atomic mass is 10.1. The third-order valence-electron chi connectivity index (χ3n) is 4.48. The predicted octanol–water partition coefficient (Wildman–Crippen LogP) is 3.54. The molecule has 0 spiro atoms. The molecule has 0 aliphatic carbocycles. The smallest absolute Gasteiger partial charge is 0.269 e. The maximum Gasteiger partial charge on any atom is 0.269 e. The summed E-state index contributed by atoms with van der Waals surface area (Å²) in [5, 5.41) is 0.617. The number of hydrogen-bond donors (Lipinski definition) is 1. The molecule has 3 heterocycles. The molecule has 0 saturated carbocycles. The highest BCUT2D eigenvalue weighted by Gasteiger charge is 2.24. The minimum atomic E-state index is -3.88. The molecule has 0 aliphatic rings. The molecule has 7 nitrogen and oxygen atoms in total. The third kappa shape index (κ3) is 4.08. The number of aromatic nitrogens is 4. The lowest BCUT2D eigenvalue weighted by molar-refractivity contribution is 0.589. The van der Waals surface area contributed by atoms with Crippen molar-refractivity contribution in [3.63, 3.8) is 0 Å². The Hall–Kier alpha value is -3.48. The summed E-state index contributed by atoms with van der Waals surface area (Å²) in [6.45, 7) is 6.44. The number of fused-ring (bicyclic) bond motifs is 1. The Kier molecular flexibility index (Phi) is 5.12. The first-order chi connectivity index (χ1) is 14.7. The third-order valence-corrected chi connectivity index (χ3v) is 7.02. The van der Waals surface area contributed by atoms with Crippen molar-refractivity contribution in [2.24, 2.45) is 0 Å². The molecule has 4 rings (SSSR count). The van der Waals surface area contributed by atoms with E-state index in [2.05, 4.69) is 46.1 Å². The van der Waals surface area contributed by atoms with Gasteiger partial charge in [-0.25, -0.2) is 27.3 Å². The van der Waals surface area contributed by atoms with Crippen LogP contribution in [0.1, 0.15) is 5.56 Å². The fourth-order valence-electron chi connectivity index (χ4n) is 3.09. The van der Waals surface area contributed by atoms with Gasteiger partial charge in [-0.2, -0.15) is 0 Å². The van der Waals surface area contributed by atoms with E-state index in [9.17, 15) is 8.42 Å². The summed E-state index contributed by atoms with van der Waals surface area (Å²) in [6.07, 6.45) is 4.64. The molecular formula is C22H21N5O2SSi. The van der Waals surface area contributed by atoms with Crippen LogP contribution in [0.4, 0.5) is 5.95 Å². The highest BCUT2D eigenvalue weighted by molar-refractivity contribution is 7.90. The molecule has 0 bridgehead atoms. The molecule has 31 heavy (non-hydrogen) atoms. The van der Waals surface area contributed by atoms with E-state index in [4.69, 9.17) is 5.73 Å². The average Bonchev–Trinajstić information content (AvgIpc) is 3.13. The van der Waals surface area contributed by atoms with E-state index in [0.29, 0.717) is 27.9 Å². The second kappa shape index (κ2) is 7.65. The summed E-state index contributed by atoms with van der Waals surface area (Å²) in [4.78, 5) is 12.8. The van der Waals surface area contributed by atoms with Gasteiger partial charge in [0.15, 0.2) is 5.65 Å². The monoisotopic (exact) mass is 447 g/mol. The van der Waals surface area contributed by atoms with Crippen molar-refractivity contribution in [1.82, 2.24) is 18.9 Å². The molecule has 0 amide bonds. The Morgan fingerprint density at radius 3 is 2.39 bits per heavy atom. The van der Waals surface area contributed by atoms with Crippen LogP contribution in [0.5, 0.6) is 0 Å². The van der Waals surface area contributed by atoms with Crippen molar-refractivity contribution in [2.75, 3.05) is 5.73 Å². The van der Waals surface area contributed by atoms with Crippen molar-refractivity contribution < 1.29 is 8.42 Å². The summed E-state index contributed by atoms with van der Waals surface area (Å²) in [7, 11) is -5.55. The zero-order valence-corrected chi connectivity index (χ0v) is 19.2. The minimum Gasteiger partial charge on any atom is -0.368 e. The normalized spacial score (nSPS) is 11.8. The fourth-order valence-corrected chi connectivity index (χ4v) is 4.94. The summed E-state index contributed by atoms with van der Waals surface area (Å²) in [5.41, 5.74) is 11.2. The maximum absolute atomic E-state index is 13.4. The number of rotatable bonds is 3. The Morgan fingerprint density at radius 2 is 1.71 bits per heavy atom. The quantitative estimate of drug-likeness (QED) is 0.380. The van der Waals surface area contributed by atoms with Crippen molar-refractivity contribution in [3.8, 4) is 22.7 Å². The molecule has 4 aromatic rings. The van der Waals surface area contributed by atoms with Gasteiger partial charge in [0.2, 0.25) is 5.95 Å². The van der Waals surface area contributed by atoms with Crippen LogP contribution in [0.2, 0.25) is 19.6 Å². The van der Waals surface area contributed by atoms with Crippen molar-refractivity contribution in [2.45, 2.75) is 24.5 Å². The lowest BCUT2D eigenvalue weighted by Gasteiger charge is -2.07. The van der Waals surface area contributed by atoms with Crippen molar-refractivity contribution >= 4 is 35.1 Å². The van der Waals surface area contributed by atoms with Crippen LogP contribution in [-0.2, 0) is 10.0 Å². The van der Waals surface area contributed by atoms with Crippen LogP contribution in [0.15, 0.2) is 66.0 Å². The van der Waals surface area contributed by atoms with E-state index in [-0.39, 0.29) is 10.8 Å². The first-order valence-electron chi connectivity index (χ1n) is 9.59. The Balaban J connectivity index is 2.07. The van der Waals surface area contributed by atoms with Gasteiger partial charge in [0, 0.05) is 35.1 Å². The molecular weight excluding hydrogens is 426 g/mol. The van der Waals surface area contributed by atoms with Crippen LogP contribution < -0.4 is 5.73 Å². The van der Waals surface area contributed by atoms with E-state index >= 15 is 0 Å². The largest absolute Gasteiger partial charge is 0.368 e. The van der Waals surface area contributed by atoms with E-state index in [1.54, 1.807) is 48.7 Å². The maximum atomic E-state index is 13.4. The molecule has 0 radical (unpaired) electrons. The van der Waals surface area contributed by atoms with E-state index < -0.39 is 18.1 Å². The minimum absolute atomic E-state index is 0.0999. The lowest BCUT2D eigenvalue weighted by Crippen LogP contribution is -2.16. The fraction of sp³-hybridized carbons (Fsp3) is 0.136. The van der Waals surface area contributed by atoms with Gasteiger partial charge in [-0.1, -0.05) is 43.8 Å². The number of nitrogens with two attached hydrogens (primary N) is 1. The van der Waals surface area contributed by atoms with Gasteiger partial charge in [-0.15, -0.1) is 5.54 Å². The van der Waals surface area contributed by atoms with Crippen LogP contribution in [-0.4, -0.2) is 35.4 Å². The van der Waals surface area contributed by atoms with Crippen LogP contribution in [0.25, 0.3) is 22.3 Å². The topological polar surface area (TPSA) is 104 Å². The summed E-state index contributed by atoms with van der Waals surface area (Å²) < 4.78 is 28.0. The Morgan fingerprint density at radius 1 is 1.00 bits per heavy atom. The average molecular weight is 448 g/mol. The standard InChI is InChI=1S/C22H21N5O2SSi/c1-31(2,3)14-11-16-9-12-24-21-20(16)18(19-10-13-25-22(23)26-19)15-27(21)30(28,29)17-7-5-4-6-8-17/h4-10,12-13,15H,1-3H3,(H2,23,25,26). The van der Waals surface area contributed by atoms with Crippen LogP contribution in [0, 0.1) is 11.5 Å². The molecule has 9 heteroatoms. The van der Waals surface area contributed by atoms with E-state index in [1.165, 1.54) is 16.4 Å². The van der Waals surface area contributed by atoms with E-state index in [0.717, 1.165) is 0 Å². The van der Waals surface area contributed by atoms with Gasteiger partial charge in [-0.05, 0) is 24.3 Å².